The molecule has 0 aliphatic carbocycles. The quantitative estimate of drug-likeness (QED) is 0.299. The van der Waals surface area contributed by atoms with Crippen LogP contribution in [-0.4, -0.2) is 33.3 Å². The fourth-order valence-corrected chi connectivity index (χ4v) is 6.11. The van der Waals surface area contributed by atoms with Gasteiger partial charge < -0.3 is 4.42 Å². The summed E-state index contributed by atoms with van der Waals surface area (Å²) in [6, 6.07) is 32.2. The molecule has 0 amide bonds. The van der Waals surface area contributed by atoms with Gasteiger partial charge in [0.05, 0.1) is 5.54 Å². The molecular weight excluding hydrogens is 452 g/mol. The van der Waals surface area contributed by atoms with Gasteiger partial charge in [-0.25, -0.2) is 4.98 Å². The maximum atomic E-state index is 12.1. The van der Waals surface area contributed by atoms with Crippen molar-refractivity contribution in [1.29, 1.82) is 0 Å². The maximum absolute atomic E-state index is 12.1. The fourth-order valence-electron chi connectivity index (χ4n) is 5.19. The summed E-state index contributed by atoms with van der Waals surface area (Å²) in [6.45, 7) is 3.20. The highest BCUT2D eigenvalue weighted by molar-refractivity contribution is 8.14. The van der Waals surface area contributed by atoms with E-state index in [9.17, 15) is 4.79 Å². The Bertz CT molecular complexity index is 1180. The Balaban J connectivity index is 1.69. The smallest absolute Gasteiger partial charge is 0.186 e. The van der Waals surface area contributed by atoms with Gasteiger partial charge in [0.1, 0.15) is 12.0 Å². The standard InChI is InChI=1S/C30H28N2O2S/c1-23(33)35-29-17-18-32(20-24(29)19-28-21-34-22-31-28)30(25-11-5-2-6-12-25,26-13-7-3-8-14-26)27-15-9-4-10-16-27/h2-16,19,21-22,29H,17-18,20H2,1H3/b24-19-. The van der Waals surface area contributed by atoms with Crippen molar-refractivity contribution in [2.24, 2.45) is 0 Å². The summed E-state index contributed by atoms with van der Waals surface area (Å²) in [5, 5.41) is 0.246. The Morgan fingerprint density at radius 3 is 1.94 bits per heavy atom. The monoisotopic (exact) mass is 480 g/mol. The number of nitrogens with zero attached hydrogens (tertiary/aromatic N) is 2. The van der Waals surface area contributed by atoms with Gasteiger partial charge in [-0.05, 0) is 34.8 Å². The Morgan fingerprint density at radius 1 is 0.943 bits per heavy atom. The highest BCUT2D eigenvalue weighted by atomic mass is 32.2. The van der Waals surface area contributed by atoms with Crippen LogP contribution in [0.15, 0.2) is 114 Å². The fraction of sp³-hybridized carbons (Fsp3) is 0.200. The number of piperidine rings is 1. The minimum atomic E-state index is -0.488. The molecule has 1 aromatic heterocycles. The summed E-state index contributed by atoms with van der Waals surface area (Å²) in [4.78, 5) is 19.0. The second-order valence-electron chi connectivity index (χ2n) is 8.75. The van der Waals surface area contributed by atoms with Crippen molar-refractivity contribution in [2.75, 3.05) is 13.1 Å². The number of rotatable bonds is 6. The van der Waals surface area contributed by atoms with Gasteiger partial charge in [0.15, 0.2) is 11.5 Å². The summed E-state index contributed by atoms with van der Waals surface area (Å²) in [6.07, 6.45) is 6.05. The molecule has 1 unspecified atom stereocenters. The third kappa shape index (κ3) is 4.75. The third-order valence-corrected chi connectivity index (χ3v) is 7.75. The molecule has 5 heteroatoms. The van der Waals surface area contributed by atoms with E-state index in [1.54, 1.807) is 13.2 Å². The van der Waals surface area contributed by atoms with E-state index in [4.69, 9.17) is 4.42 Å². The number of hydrogen-bond acceptors (Lipinski definition) is 5. The molecule has 4 aromatic rings. The summed E-state index contributed by atoms with van der Waals surface area (Å²) in [7, 11) is 0. The molecule has 3 aromatic carbocycles. The zero-order valence-corrected chi connectivity index (χ0v) is 20.5. The maximum Gasteiger partial charge on any atom is 0.186 e. The molecule has 5 rings (SSSR count). The molecule has 4 nitrogen and oxygen atoms in total. The van der Waals surface area contributed by atoms with Crippen LogP contribution < -0.4 is 0 Å². The normalized spacial score (nSPS) is 18.0. The van der Waals surface area contributed by atoms with Crippen LogP contribution in [-0.2, 0) is 10.3 Å². The van der Waals surface area contributed by atoms with Crippen molar-refractivity contribution < 1.29 is 9.21 Å². The van der Waals surface area contributed by atoms with E-state index < -0.39 is 5.54 Å². The van der Waals surface area contributed by atoms with E-state index in [1.165, 1.54) is 40.4 Å². The number of benzene rings is 3. The third-order valence-electron chi connectivity index (χ3n) is 6.59. The van der Waals surface area contributed by atoms with E-state index in [0.29, 0.717) is 6.54 Å². The number of likely N-dealkylation sites (tertiary alicyclic amines) is 1. The van der Waals surface area contributed by atoms with Crippen LogP contribution >= 0.6 is 11.8 Å². The first kappa shape index (κ1) is 23.3. The minimum absolute atomic E-state index is 0.112. The SMILES string of the molecule is CC(=O)SC1CCN(C(c2ccccc2)(c2ccccc2)c2ccccc2)C/C1=C/c1cocn1. The van der Waals surface area contributed by atoms with E-state index in [2.05, 4.69) is 107 Å². The largest absolute Gasteiger partial charge is 0.451 e. The van der Waals surface area contributed by atoms with Gasteiger partial charge in [0.25, 0.3) is 0 Å². The summed E-state index contributed by atoms with van der Waals surface area (Å²) in [5.41, 5.74) is 5.12. The molecule has 0 saturated carbocycles. The lowest BCUT2D eigenvalue weighted by Gasteiger charge is -2.49. The van der Waals surface area contributed by atoms with Gasteiger partial charge in [0, 0.05) is 25.3 Å². The first-order valence-electron chi connectivity index (χ1n) is 11.9. The van der Waals surface area contributed by atoms with Crippen LogP contribution in [0.2, 0.25) is 0 Å². The molecule has 0 N–H and O–H groups in total. The van der Waals surface area contributed by atoms with Gasteiger partial charge in [-0.15, -0.1) is 0 Å². The predicted molar refractivity (Wildman–Crippen MR) is 142 cm³/mol. The molecule has 35 heavy (non-hydrogen) atoms. The minimum Gasteiger partial charge on any atom is -0.451 e. The molecule has 1 aliphatic rings. The lowest BCUT2D eigenvalue weighted by Crippen LogP contribution is -2.52. The van der Waals surface area contributed by atoms with Gasteiger partial charge in [-0.2, -0.15) is 0 Å². The van der Waals surface area contributed by atoms with Crippen molar-refractivity contribution in [1.82, 2.24) is 9.88 Å². The van der Waals surface area contributed by atoms with Crippen molar-refractivity contribution in [3.05, 3.63) is 132 Å². The summed E-state index contributed by atoms with van der Waals surface area (Å²) >= 11 is 1.41. The van der Waals surface area contributed by atoms with Gasteiger partial charge in [0.2, 0.25) is 0 Å². The zero-order valence-electron chi connectivity index (χ0n) is 19.7. The molecule has 0 radical (unpaired) electrons. The molecule has 0 spiro atoms. The molecule has 1 fully saturated rings. The highest BCUT2D eigenvalue weighted by Crippen LogP contribution is 2.45. The number of carbonyl (C=O) groups is 1. The molecule has 1 atom stereocenters. The Labute approximate surface area is 210 Å². The molecule has 176 valence electrons. The molecular formula is C30H28N2O2S. The molecule has 2 heterocycles. The van der Waals surface area contributed by atoms with Crippen LogP contribution in [0.5, 0.6) is 0 Å². The van der Waals surface area contributed by atoms with Crippen molar-refractivity contribution >= 4 is 23.0 Å². The number of carbonyl (C=O) groups excluding carboxylic acids is 1. The van der Waals surface area contributed by atoms with E-state index in [0.717, 1.165) is 18.7 Å². The van der Waals surface area contributed by atoms with Gasteiger partial charge in [-0.3, -0.25) is 9.69 Å². The van der Waals surface area contributed by atoms with E-state index >= 15 is 0 Å². The lowest BCUT2D eigenvalue weighted by molar-refractivity contribution is -0.109. The van der Waals surface area contributed by atoms with Crippen LogP contribution in [0, 0.1) is 0 Å². The van der Waals surface area contributed by atoms with Crippen molar-refractivity contribution in [2.45, 2.75) is 24.1 Å². The number of aromatic nitrogens is 1. The van der Waals surface area contributed by atoms with Gasteiger partial charge in [-0.1, -0.05) is 103 Å². The van der Waals surface area contributed by atoms with E-state index in [1.807, 2.05) is 0 Å². The van der Waals surface area contributed by atoms with Crippen LogP contribution in [0.25, 0.3) is 6.08 Å². The van der Waals surface area contributed by atoms with Crippen LogP contribution in [0.3, 0.4) is 0 Å². The van der Waals surface area contributed by atoms with Crippen molar-refractivity contribution in [3.63, 3.8) is 0 Å². The first-order chi connectivity index (χ1) is 17.2. The van der Waals surface area contributed by atoms with Gasteiger partial charge >= 0.3 is 0 Å². The summed E-state index contributed by atoms with van der Waals surface area (Å²) in [5.74, 6) is 0. The zero-order chi connectivity index (χ0) is 24.1. The summed E-state index contributed by atoms with van der Waals surface area (Å²) < 4.78 is 5.23. The lowest BCUT2D eigenvalue weighted by atomic mass is 9.74. The highest BCUT2D eigenvalue weighted by Gasteiger charge is 2.44. The molecule has 1 saturated heterocycles. The number of oxazole rings is 1. The van der Waals surface area contributed by atoms with Crippen molar-refractivity contribution in [3.8, 4) is 0 Å². The molecule has 0 bridgehead atoms. The van der Waals surface area contributed by atoms with Crippen LogP contribution in [0.4, 0.5) is 0 Å². The average Bonchev–Trinajstić information content (AvgIpc) is 3.41. The number of thioether (sulfide) groups is 1. The Morgan fingerprint density at radius 2 is 1.49 bits per heavy atom. The Kier molecular flexibility index (Phi) is 6.98. The first-order valence-corrected chi connectivity index (χ1v) is 12.7. The van der Waals surface area contributed by atoms with Crippen LogP contribution in [0.1, 0.15) is 35.7 Å². The average molecular weight is 481 g/mol. The predicted octanol–water partition coefficient (Wildman–Crippen LogP) is 6.40. The Hall–Kier alpha value is -3.41. The number of hydrogen-bond donors (Lipinski definition) is 0. The van der Waals surface area contributed by atoms with E-state index in [-0.39, 0.29) is 10.4 Å². The molecule has 1 aliphatic heterocycles. The second-order valence-corrected chi connectivity index (χ2v) is 10.1. The topological polar surface area (TPSA) is 46.3 Å². The second kappa shape index (κ2) is 10.5.